The minimum atomic E-state index is 0.656. The zero-order chi connectivity index (χ0) is 13.1. The van der Waals surface area contributed by atoms with Gasteiger partial charge >= 0.3 is 0 Å². The third-order valence-electron chi connectivity index (χ3n) is 3.17. The fraction of sp³-hybridized carbons (Fsp3) is 0.267. The van der Waals surface area contributed by atoms with Crippen molar-refractivity contribution in [3.05, 3.63) is 53.9 Å². The summed E-state index contributed by atoms with van der Waals surface area (Å²) < 4.78 is 5.55. The van der Waals surface area contributed by atoms with E-state index in [1.165, 1.54) is 16.5 Å². The van der Waals surface area contributed by atoms with Crippen molar-refractivity contribution in [3.63, 3.8) is 0 Å². The molecule has 0 aliphatic heterocycles. The van der Waals surface area contributed by atoms with Crippen molar-refractivity contribution in [2.24, 2.45) is 0 Å². The Hall–Kier alpha value is -2.07. The standard InChI is InChI=1S/C15H17N3O/c1-2-13-9-18-15(19-13)10-16-8-11-3-4-12-5-6-17-14(12)7-11/h3-7,9,16-17H,2,8,10H2,1H3. The normalized spacial score (nSPS) is 11.2. The minimum absolute atomic E-state index is 0.656. The molecule has 19 heavy (non-hydrogen) atoms. The van der Waals surface area contributed by atoms with Gasteiger partial charge in [-0.25, -0.2) is 4.98 Å². The fourth-order valence-corrected chi connectivity index (χ4v) is 2.11. The van der Waals surface area contributed by atoms with E-state index in [9.17, 15) is 0 Å². The van der Waals surface area contributed by atoms with Gasteiger partial charge in [0.25, 0.3) is 0 Å². The van der Waals surface area contributed by atoms with Gasteiger partial charge in [-0.2, -0.15) is 0 Å². The Morgan fingerprint density at radius 1 is 1.26 bits per heavy atom. The molecule has 0 atom stereocenters. The van der Waals surface area contributed by atoms with E-state index in [-0.39, 0.29) is 0 Å². The third-order valence-corrected chi connectivity index (χ3v) is 3.17. The molecule has 2 aromatic heterocycles. The van der Waals surface area contributed by atoms with Crippen LogP contribution in [0.25, 0.3) is 10.9 Å². The highest BCUT2D eigenvalue weighted by atomic mass is 16.4. The number of nitrogens with one attached hydrogen (secondary N) is 2. The molecule has 4 nitrogen and oxygen atoms in total. The SMILES string of the molecule is CCc1cnc(CNCc2ccc3cc[nH]c3c2)o1. The second-order valence-electron chi connectivity index (χ2n) is 4.58. The molecule has 4 heteroatoms. The summed E-state index contributed by atoms with van der Waals surface area (Å²) in [5, 5.41) is 4.58. The van der Waals surface area contributed by atoms with Crippen LogP contribution in [0.3, 0.4) is 0 Å². The van der Waals surface area contributed by atoms with Crippen LogP contribution in [0.15, 0.2) is 41.1 Å². The number of H-pyrrole nitrogens is 1. The van der Waals surface area contributed by atoms with Crippen molar-refractivity contribution in [2.75, 3.05) is 0 Å². The summed E-state index contributed by atoms with van der Waals surface area (Å²) in [5.74, 6) is 1.68. The smallest absolute Gasteiger partial charge is 0.208 e. The summed E-state index contributed by atoms with van der Waals surface area (Å²) in [4.78, 5) is 7.44. The highest BCUT2D eigenvalue weighted by Crippen LogP contribution is 2.14. The minimum Gasteiger partial charge on any atom is -0.444 e. The molecule has 0 unspecified atom stereocenters. The molecule has 0 aliphatic rings. The summed E-state index contributed by atoms with van der Waals surface area (Å²) in [6, 6.07) is 8.50. The molecule has 0 fully saturated rings. The maximum atomic E-state index is 5.55. The van der Waals surface area contributed by atoms with Gasteiger partial charge in [-0.05, 0) is 23.1 Å². The highest BCUT2D eigenvalue weighted by Gasteiger charge is 2.02. The molecule has 0 bridgehead atoms. The summed E-state index contributed by atoms with van der Waals surface area (Å²) in [6.07, 6.45) is 4.64. The van der Waals surface area contributed by atoms with Crippen LogP contribution >= 0.6 is 0 Å². The Balaban J connectivity index is 1.59. The van der Waals surface area contributed by atoms with E-state index in [2.05, 4.69) is 46.5 Å². The van der Waals surface area contributed by atoms with E-state index in [1.54, 1.807) is 6.20 Å². The number of aryl methyl sites for hydroxylation is 1. The molecule has 0 amide bonds. The number of benzene rings is 1. The molecule has 0 saturated carbocycles. The number of hydrogen-bond donors (Lipinski definition) is 2. The number of aromatic amines is 1. The molecule has 1 aromatic carbocycles. The van der Waals surface area contributed by atoms with E-state index in [4.69, 9.17) is 4.42 Å². The van der Waals surface area contributed by atoms with Crippen LogP contribution in [-0.2, 0) is 19.5 Å². The van der Waals surface area contributed by atoms with Gasteiger partial charge in [0.1, 0.15) is 5.76 Å². The van der Waals surface area contributed by atoms with Gasteiger partial charge in [0, 0.05) is 24.7 Å². The lowest BCUT2D eigenvalue weighted by Crippen LogP contribution is -2.12. The molecule has 0 saturated heterocycles. The molecule has 0 aliphatic carbocycles. The van der Waals surface area contributed by atoms with E-state index in [0.717, 1.165) is 24.6 Å². The first kappa shape index (κ1) is 12.0. The van der Waals surface area contributed by atoms with Gasteiger partial charge in [0.05, 0.1) is 12.7 Å². The number of nitrogens with zero attached hydrogens (tertiary/aromatic N) is 1. The second-order valence-corrected chi connectivity index (χ2v) is 4.58. The Morgan fingerprint density at radius 2 is 2.21 bits per heavy atom. The Labute approximate surface area is 111 Å². The molecule has 2 N–H and O–H groups in total. The van der Waals surface area contributed by atoms with Gasteiger partial charge in [0.15, 0.2) is 0 Å². The first-order valence-corrected chi connectivity index (χ1v) is 6.55. The Kier molecular flexibility index (Phi) is 3.33. The van der Waals surface area contributed by atoms with Crippen molar-refractivity contribution < 1.29 is 4.42 Å². The third kappa shape index (κ3) is 2.69. The van der Waals surface area contributed by atoms with Crippen LogP contribution in [0.1, 0.15) is 24.1 Å². The molecule has 0 radical (unpaired) electrons. The number of hydrogen-bond acceptors (Lipinski definition) is 3. The van der Waals surface area contributed by atoms with E-state index >= 15 is 0 Å². The average Bonchev–Trinajstić information content (AvgIpc) is 3.06. The lowest BCUT2D eigenvalue weighted by Gasteiger charge is -2.03. The summed E-state index contributed by atoms with van der Waals surface area (Å²) in [5.41, 5.74) is 2.42. The molecule has 3 rings (SSSR count). The quantitative estimate of drug-likeness (QED) is 0.737. The fourth-order valence-electron chi connectivity index (χ4n) is 2.11. The molecule has 2 heterocycles. The van der Waals surface area contributed by atoms with Crippen LogP contribution in [0.2, 0.25) is 0 Å². The molecule has 98 valence electrons. The van der Waals surface area contributed by atoms with E-state index in [0.29, 0.717) is 6.54 Å². The van der Waals surface area contributed by atoms with Crippen LogP contribution in [-0.4, -0.2) is 9.97 Å². The number of aromatic nitrogens is 2. The zero-order valence-corrected chi connectivity index (χ0v) is 10.9. The van der Waals surface area contributed by atoms with Gasteiger partial charge in [-0.15, -0.1) is 0 Å². The van der Waals surface area contributed by atoms with Crippen LogP contribution in [0.5, 0.6) is 0 Å². The van der Waals surface area contributed by atoms with E-state index < -0.39 is 0 Å². The first-order valence-electron chi connectivity index (χ1n) is 6.55. The van der Waals surface area contributed by atoms with Crippen molar-refractivity contribution in [1.29, 1.82) is 0 Å². The summed E-state index contributed by atoms with van der Waals surface area (Å²) in [6.45, 7) is 3.52. The maximum Gasteiger partial charge on any atom is 0.208 e. The van der Waals surface area contributed by atoms with Crippen LogP contribution < -0.4 is 5.32 Å². The van der Waals surface area contributed by atoms with Gasteiger partial charge in [-0.1, -0.05) is 19.1 Å². The first-order chi connectivity index (χ1) is 9.35. The average molecular weight is 255 g/mol. The van der Waals surface area contributed by atoms with E-state index in [1.807, 2.05) is 6.20 Å². The zero-order valence-electron chi connectivity index (χ0n) is 10.9. The molecule has 3 aromatic rings. The van der Waals surface area contributed by atoms with Gasteiger partial charge < -0.3 is 14.7 Å². The van der Waals surface area contributed by atoms with Crippen molar-refractivity contribution >= 4 is 10.9 Å². The number of oxazole rings is 1. The molecular weight excluding hydrogens is 238 g/mol. The largest absolute Gasteiger partial charge is 0.444 e. The van der Waals surface area contributed by atoms with Crippen molar-refractivity contribution in [1.82, 2.24) is 15.3 Å². The summed E-state index contributed by atoms with van der Waals surface area (Å²) in [7, 11) is 0. The topological polar surface area (TPSA) is 53.9 Å². The monoisotopic (exact) mass is 255 g/mol. The maximum absolute atomic E-state index is 5.55. The Morgan fingerprint density at radius 3 is 3.05 bits per heavy atom. The Bertz CT molecular complexity index is 669. The van der Waals surface area contributed by atoms with Gasteiger partial charge in [0.2, 0.25) is 5.89 Å². The lowest BCUT2D eigenvalue weighted by atomic mass is 10.1. The van der Waals surface area contributed by atoms with Crippen molar-refractivity contribution in [3.8, 4) is 0 Å². The second kappa shape index (κ2) is 5.28. The number of fused-ring (bicyclic) bond motifs is 1. The lowest BCUT2D eigenvalue weighted by molar-refractivity contribution is 0.439. The van der Waals surface area contributed by atoms with Crippen LogP contribution in [0.4, 0.5) is 0 Å². The molecular formula is C15H17N3O. The predicted molar refractivity (Wildman–Crippen MR) is 74.7 cm³/mol. The van der Waals surface area contributed by atoms with Crippen LogP contribution in [0, 0.1) is 0 Å². The van der Waals surface area contributed by atoms with Crippen molar-refractivity contribution in [2.45, 2.75) is 26.4 Å². The summed E-state index contributed by atoms with van der Waals surface area (Å²) >= 11 is 0. The highest BCUT2D eigenvalue weighted by molar-refractivity contribution is 5.79. The predicted octanol–water partition coefficient (Wildman–Crippen LogP) is 3.01. The number of rotatable bonds is 5. The molecule has 0 spiro atoms. The van der Waals surface area contributed by atoms with Gasteiger partial charge in [-0.3, -0.25) is 0 Å².